The Morgan fingerprint density at radius 1 is 0.500 bits per heavy atom. The highest BCUT2D eigenvalue weighted by atomic mass is 16.8. The lowest BCUT2D eigenvalue weighted by atomic mass is 9.88. The molecule has 0 aromatic carbocycles. The van der Waals surface area contributed by atoms with Crippen molar-refractivity contribution in [1.82, 2.24) is 21.3 Å². The quantitative estimate of drug-likeness (QED) is 0.0297. The fourth-order valence-electron chi connectivity index (χ4n) is 12.6. The number of carboxylic acid groups (broad SMARTS) is 2. The Hall–Kier alpha value is -4.34. The Bertz CT molecular complexity index is 2590. The second-order valence-corrected chi connectivity index (χ2v) is 24.6. The SMILES string of the molecule is CC(=O)N[C@@H]1C(O)C[C@](OCC2OC(OC3[C@H](O)C(OCCCCCN)OC(CO)[C@@H]3O)[C@@H](NC(C)=O)C(O[C@@H]3OC(CO)[C@H](OC4OC(CO)[C@H](O)C(O)[C@@H]4NC(C)=O)C(O[C@@]4(C(=O)O)CC(O)[C@H](NC(C)=O)C([C@H](O)[C@H](O)CO)O4)C3O)[C@@H]2O)(C(=O)O)OC1C1C(O)[C@H]1O. The van der Waals surface area contributed by atoms with Crippen LogP contribution in [0.15, 0.2) is 0 Å². The number of unbranched alkanes of at least 4 members (excludes halogenated alkanes) is 2. The van der Waals surface area contributed by atoms with Crippen LogP contribution in [-0.2, 0) is 85.6 Å². The van der Waals surface area contributed by atoms with E-state index in [9.17, 15) is 121 Å². The maximum Gasteiger partial charge on any atom is 0.364 e. The van der Waals surface area contributed by atoms with E-state index in [-0.39, 0.29) is 6.61 Å². The highest BCUT2D eigenvalue weighted by molar-refractivity contribution is 5.78. The van der Waals surface area contributed by atoms with E-state index < -0.39 is 283 Å². The number of aliphatic hydroxyl groups excluding tert-OH is 16. The van der Waals surface area contributed by atoms with Gasteiger partial charge in [0.25, 0.3) is 11.6 Å². The van der Waals surface area contributed by atoms with E-state index in [4.69, 9.17) is 62.6 Å². The molecule has 1 saturated carbocycles. The van der Waals surface area contributed by atoms with Crippen LogP contribution in [0.1, 0.15) is 59.8 Å². The summed E-state index contributed by atoms with van der Waals surface area (Å²) in [4.78, 5) is 78.0. The second-order valence-electron chi connectivity index (χ2n) is 24.6. The Morgan fingerprint density at radius 2 is 0.979 bits per heavy atom. The summed E-state index contributed by atoms with van der Waals surface area (Å²) in [5, 5.41) is 210. The summed E-state index contributed by atoms with van der Waals surface area (Å²) in [5.74, 6) is -15.7. The van der Waals surface area contributed by atoms with Gasteiger partial charge in [0.05, 0.1) is 75.6 Å². The number of aliphatic carboxylic acids is 2. The van der Waals surface area contributed by atoms with Crippen molar-refractivity contribution in [2.24, 2.45) is 11.7 Å². The van der Waals surface area contributed by atoms with E-state index in [0.29, 0.717) is 25.8 Å². The number of carbonyl (C=O) groups is 6. The predicted molar refractivity (Wildman–Crippen MR) is 303 cm³/mol. The molecule has 7 rings (SSSR count). The summed E-state index contributed by atoms with van der Waals surface area (Å²) in [5.41, 5.74) is 5.62. The minimum Gasteiger partial charge on any atom is -0.477 e. The number of nitrogens with one attached hydrogen (secondary N) is 4. The van der Waals surface area contributed by atoms with Gasteiger partial charge >= 0.3 is 11.9 Å². The van der Waals surface area contributed by atoms with Gasteiger partial charge in [0.1, 0.15) is 116 Å². The molecule has 6 aliphatic heterocycles. The Labute approximate surface area is 546 Å². The van der Waals surface area contributed by atoms with Crippen LogP contribution in [-0.4, -0.2) is 369 Å². The molecule has 0 bridgehead atoms. The normalized spacial score (nSPS) is 44.0. The number of aliphatic hydroxyl groups is 16. The van der Waals surface area contributed by atoms with Gasteiger partial charge in [0, 0.05) is 53.1 Å². The third kappa shape index (κ3) is 17.7. The van der Waals surface area contributed by atoms with Crippen LogP contribution in [0.25, 0.3) is 0 Å². The zero-order chi connectivity index (χ0) is 71.2. The lowest BCUT2D eigenvalue weighted by molar-refractivity contribution is -0.400. The van der Waals surface area contributed by atoms with Gasteiger partial charge in [-0.1, -0.05) is 0 Å². The molecule has 0 spiro atoms. The lowest BCUT2D eigenvalue weighted by Crippen LogP contribution is -2.72. The van der Waals surface area contributed by atoms with Crippen LogP contribution in [0.4, 0.5) is 0 Å². The standard InChI is InChI=1S/C55H91N5O36/c1-17(65)57-29-21(69)10-54(52(81)82,94-43(29)28-37(76)38(28)77)86-16-27-36(75)44(32(60-20(4)68)49(90-27)93-46-35(74)25(14-63)88-50(40(46)79)85-9-7-5-6-8-56)92-51-41(80)47(42(26(15-64)89-51)91-48-31(59-19(3)67)39(78)34(73)24(13-62)87-48)96-55(53(83)84)11-22(70)30(58-18(2)66)45(95-55)33(72)23(71)12-61/h21-51,61-64,69-80H,5-16,56H2,1-4H3,(H,57,65)(H,58,66)(H,59,67)(H,60,68)(H,81,82)(H,83,84)/t21?,22?,23-,24?,25?,26?,27?,28?,29-,30+,31+,32+,33-,34+,35+,36-,37+,38?,39?,40+,41?,42+,43?,44?,45?,46?,47?,48?,49?,50?,51+,54-,55-/m1/s1. The molecule has 33 atom stereocenters. The van der Waals surface area contributed by atoms with E-state index in [1.807, 2.05) is 0 Å². The fraction of sp³-hybridized carbons (Fsp3) is 0.891. The first-order valence-electron chi connectivity index (χ1n) is 31.0. The molecule has 7 aliphatic rings. The fourth-order valence-corrected chi connectivity index (χ4v) is 12.6. The van der Waals surface area contributed by atoms with Crippen molar-refractivity contribution in [1.29, 1.82) is 0 Å². The molecule has 6 heterocycles. The van der Waals surface area contributed by atoms with Crippen molar-refractivity contribution < 1.29 is 178 Å². The van der Waals surface area contributed by atoms with Gasteiger partial charge in [-0.3, -0.25) is 19.2 Å². The van der Waals surface area contributed by atoms with Crippen LogP contribution in [0.3, 0.4) is 0 Å². The van der Waals surface area contributed by atoms with Crippen molar-refractivity contribution in [3.63, 3.8) is 0 Å². The number of ether oxygens (including phenoxy) is 12. The van der Waals surface area contributed by atoms with Crippen LogP contribution in [0.5, 0.6) is 0 Å². The highest BCUT2D eigenvalue weighted by Crippen LogP contribution is 2.45. The van der Waals surface area contributed by atoms with Crippen molar-refractivity contribution in [2.75, 3.05) is 46.2 Å². The van der Waals surface area contributed by atoms with E-state index in [1.54, 1.807) is 0 Å². The molecule has 41 heteroatoms. The van der Waals surface area contributed by atoms with Crippen LogP contribution in [0, 0.1) is 5.92 Å². The molecule has 1 aliphatic carbocycles. The molecule has 0 aromatic heterocycles. The molecule has 24 N–H and O–H groups in total. The van der Waals surface area contributed by atoms with Gasteiger partial charge in [-0.15, -0.1) is 0 Å². The smallest absolute Gasteiger partial charge is 0.364 e. The van der Waals surface area contributed by atoms with Crippen molar-refractivity contribution >= 4 is 35.6 Å². The van der Waals surface area contributed by atoms with Gasteiger partial charge in [0.2, 0.25) is 23.6 Å². The Balaban J connectivity index is 1.34. The second kappa shape index (κ2) is 33.9. The summed E-state index contributed by atoms with van der Waals surface area (Å²) < 4.78 is 72.2. The minimum absolute atomic E-state index is 0.0912. The monoisotopic (exact) mass is 1400 g/mol. The zero-order valence-electron chi connectivity index (χ0n) is 52.4. The molecule has 4 amide bonds. The summed E-state index contributed by atoms with van der Waals surface area (Å²) >= 11 is 0. The van der Waals surface area contributed by atoms with E-state index in [0.717, 1.165) is 27.7 Å². The summed E-state index contributed by atoms with van der Waals surface area (Å²) in [6.07, 6.45) is -55.5. The maximum absolute atomic E-state index is 13.8. The molecule has 552 valence electrons. The van der Waals surface area contributed by atoms with Crippen LogP contribution >= 0.6 is 0 Å². The number of nitrogens with two attached hydrogens (primary N) is 1. The van der Waals surface area contributed by atoms with Gasteiger partial charge < -0.3 is 176 Å². The molecular formula is C55H91N5O36. The first kappa shape index (κ1) is 79.0. The molecule has 0 radical (unpaired) electrons. The topological polar surface area (TPSA) is 651 Å². The third-order valence-electron chi connectivity index (χ3n) is 17.6. The van der Waals surface area contributed by atoms with E-state index in [1.165, 1.54) is 0 Å². The van der Waals surface area contributed by atoms with Crippen LogP contribution in [0.2, 0.25) is 0 Å². The minimum atomic E-state index is -3.47. The maximum atomic E-state index is 13.8. The van der Waals surface area contributed by atoms with E-state index >= 15 is 0 Å². The van der Waals surface area contributed by atoms with Crippen molar-refractivity contribution in [3.8, 4) is 0 Å². The molecular weight excluding hydrogens is 1310 g/mol. The van der Waals surface area contributed by atoms with Crippen molar-refractivity contribution in [3.05, 3.63) is 0 Å². The van der Waals surface area contributed by atoms with Gasteiger partial charge in [-0.05, 0) is 25.8 Å². The lowest BCUT2D eigenvalue weighted by Gasteiger charge is -2.53. The van der Waals surface area contributed by atoms with Gasteiger partial charge in [-0.25, -0.2) is 9.59 Å². The zero-order valence-corrected chi connectivity index (χ0v) is 52.4. The average molecular weight is 1400 g/mol. The molecule has 0 aromatic rings. The van der Waals surface area contributed by atoms with Gasteiger partial charge in [-0.2, -0.15) is 0 Å². The number of carboxylic acids is 2. The number of carbonyl (C=O) groups excluding carboxylic acids is 4. The van der Waals surface area contributed by atoms with E-state index in [2.05, 4.69) is 21.3 Å². The number of hydrogen-bond acceptors (Lipinski definition) is 35. The average Bonchev–Trinajstić information content (AvgIpc) is 1.19. The summed E-state index contributed by atoms with van der Waals surface area (Å²) in [7, 11) is 0. The summed E-state index contributed by atoms with van der Waals surface area (Å²) in [6.45, 7) is -1.77. The number of hydrogen-bond donors (Lipinski definition) is 23. The first-order valence-corrected chi connectivity index (χ1v) is 31.0. The first-order chi connectivity index (χ1) is 45.2. The molecule has 6 saturated heterocycles. The number of rotatable bonds is 30. The van der Waals surface area contributed by atoms with Gasteiger partial charge in [0.15, 0.2) is 25.2 Å². The van der Waals surface area contributed by atoms with Crippen molar-refractivity contribution in [2.45, 2.75) is 255 Å². The molecule has 18 unspecified atom stereocenters. The largest absolute Gasteiger partial charge is 0.477 e. The molecule has 7 fully saturated rings. The summed E-state index contributed by atoms with van der Waals surface area (Å²) in [6, 6.07) is -7.25. The Kier molecular flexibility index (Phi) is 27.9. The predicted octanol–water partition coefficient (Wildman–Crippen LogP) is -13.3. The molecule has 96 heavy (non-hydrogen) atoms. The molecule has 41 nitrogen and oxygen atoms in total. The Morgan fingerprint density at radius 3 is 1.54 bits per heavy atom. The third-order valence-corrected chi connectivity index (χ3v) is 17.6. The number of amides is 4. The highest BCUT2D eigenvalue weighted by Gasteiger charge is 2.66. The van der Waals surface area contributed by atoms with Crippen LogP contribution < -0.4 is 27.0 Å².